The van der Waals surface area contributed by atoms with Crippen molar-refractivity contribution in [3.8, 4) is 0 Å². The highest BCUT2D eigenvalue weighted by atomic mass is 35.5. The third-order valence-corrected chi connectivity index (χ3v) is 4.24. The van der Waals surface area contributed by atoms with Crippen LogP contribution in [0.2, 0.25) is 5.02 Å². The minimum absolute atomic E-state index is 0.0661. The van der Waals surface area contributed by atoms with Crippen molar-refractivity contribution >= 4 is 23.4 Å². The van der Waals surface area contributed by atoms with E-state index >= 15 is 0 Å². The van der Waals surface area contributed by atoms with Crippen LogP contribution in [0.4, 0.5) is 13.6 Å². The molecule has 2 atom stereocenters. The van der Waals surface area contributed by atoms with Crippen LogP contribution in [0.3, 0.4) is 0 Å². The summed E-state index contributed by atoms with van der Waals surface area (Å²) in [6.45, 7) is 3.68. The summed E-state index contributed by atoms with van der Waals surface area (Å²) in [5.74, 6) is -3.23. The quantitative estimate of drug-likeness (QED) is 0.811. The minimum Gasteiger partial charge on any atom is -0.330 e. The molecule has 2 amide bonds. The number of Topliss-reactive ketones (excluding diaryl/α,β-unsaturated/α-hetero) is 1. The SMILES string of the molecule is C=C1NC(=O)N[C@@H](c2c(F)cccc2F)[C@H]1C(=O)c1ccc(Cl)cc1. The van der Waals surface area contributed by atoms with Crippen molar-refractivity contribution in [3.63, 3.8) is 0 Å². The summed E-state index contributed by atoms with van der Waals surface area (Å²) < 4.78 is 28.4. The lowest BCUT2D eigenvalue weighted by molar-refractivity contribution is 0.0903. The number of hydrogen-bond acceptors (Lipinski definition) is 2. The molecule has 1 heterocycles. The first-order valence-electron chi connectivity index (χ1n) is 7.38. The maximum atomic E-state index is 14.2. The van der Waals surface area contributed by atoms with Gasteiger partial charge in [0.25, 0.3) is 0 Å². The molecule has 1 aliphatic heterocycles. The zero-order valence-electron chi connectivity index (χ0n) is 12.9. The van der Waals surface area contributed by atoms with E-state index in [0.717, 1.165) is 12.1 Å². The Morgan fingerprint density at radius 3 is 2.28 bits per heavy atom. The molecule has 3 rings (SSSR count). The average molecular weight is 363 g/mol. The molecule has 2 N–H and O–H groups in total. The van der Waals surface area contributed by atoms with Gasteiger partial charge in [0, 0.05) is 21.8 Å². The van der Waals surface area contributed by atoms with Crippen LogP contribution in [0, 0.1) is 17.6 Å². The Morgan fingerprint density at radius 2 is 1.68 bits per heavy atom. The second kappa shape index (κ2) is 6.64. The van der Waals surface area contributed by atoms with Crippen LogP contribution >= 0.6 is 11.6 Å². The number of rotatable bonds is 3. The van der Waals surface area contributed by atoms with Gasteiger partial charge in [-0.1, -0.05) is 24.2 Å². The minimum atomic E-state index is -1.22. The number of hydrogen-bond donors (Lipinski definition) is 2. The molecule has 0 aromatic heterocycles. The van der Waals surface area contributed by atoms with Crippen molar-refractivity contribution in [3.05, 3.63) is 82.5 Å². The second-order valence-electron chi connectivity index (χ2n) is 5.59. The molecular formula is C18H13ClF2N2O2. The number of benzene rings is 2. The van der Waals surface area contributed by atoms with Gasteiger partial charge < -0.3 is 10.6 Å². The molecule has 0 bridgehead atoms. The molecule has 128 valence electrons. The van der Waals surface area contributed by atoms with E-state index in [1.165, 1.54) is 30.3 Å². The smallest absolute Gasteiger partial charge is 0.319 e. The van der Waals surface area contributed by atoms with E-state index in [4.69, 9.17) is 11.6 Å². The average Bonchev–Trinajstić information content (AvgIpc) is 2.54. The zero-order valence-corrected chi connectivity index (χ0v) is 13.6. The lowest BCUT2D eigenvalue weighted by Gasteiger charge is -2.34. The normalized spacial score (nSPS) is 20.0. The second-order valence-corrected chi connectivity index (χ2v) is 6.02. The van der Waals surface area contributed by atoms with Crippen LogP contribution < -0.4 is 10.6 Å². The lowest BCUT2D eigenvalue weighted by Crippen LogP contribution is -2.51. The highest BCUT2D eigenvalue weighted by Gasteiger charge is 2.40. The molecule has 25 heavy (non-hydrogen) atoms. The van der Waals surface area contributed by atoms with Crippen LogP contribution in [-0.2, 0) is 0 Å². The van der Waals surface area contributed by atoms with Gasteiger partial charge in [-0.2, -0.15) is 0 Å². The fourth-order valence-electron chi connectivity index (χ4n) is 2.84. The Hall–Kier alpha value is -2.73. The van der Waals surface area contributed by atoms with Gasteiger partial charge in [0.05, 0.1) is 12.0 Å². The van der Waals surface area contributed by atoms with Gasteiger partial charge in [-0.05, 0) is 36.4 Å². The zero-order chi connectivity index (χ0) is 18.1. The monoisotopic (exact) mass is 362 g/mol. The number of carbonyl (C=O) groups excluding carboxylic acids is 2. The lowest BCUT2D eigenvalue weighted by atomic mass is 9.83. The van der Waals surface area contributed by atoms with E-state index < -0.39 is 35.4 Å². The topological polar surface area (TPSA) is 58.2 Å². The van der Waals surface area contributed by atoms with E-state index in [1.807, 2.05) is 0 Å². The standard InChI is InChI=1S/C18H13ClF2N2O2/c1-9-14(17(24)10-5-7-11(19)8-6-10)16(23-18(25)22-9)15-12(20)3-2-4-13(15)21/h2-8,14,16H,1H2,(H2,22,23,25)/t14-,16+/m0/s1. The third kappa shape index (κ3) is 3.25. The van der Waals surface area contributed by atoms with Crippen LogP contribution in [0.1, 0.15) is 22.0 Å². The fourth-order valence-corrected chi connectivity index (χ4v) is 2.96. The molecule has 2 aromatic carbocycles. The molecule has 0 radical (unpaired) electrons. The van der Waals surface area contributed by atoms with Gasteiger partial charge >= 0.3 is 6.03 Å². The summed E-state index contributed by atoms with van der Waals surface area (Å²) in [5, 5.41) is 5.26. The Bertz CT molecular complexity index is 848. The van der Waals surface area contributed by atoms with Crippen molar-refractivity contribution in [2.24, 2.45) is 5.92 Å². The molecule has 0 spiro atoms. The number of urea groups is 1. The van der Waals surface area contributed by atoms with Crippen molar-refractivity contribution in [1.29, 1.82) is 0 Å². The van der Waals surface area contributed by atoms with Gasteiger partial charge in [0.15, 0.2) is 5.78 Å². The Kier molecular flexibility index (Phi) is 4.55. The van der Waals surface area contributed by atoms with Gasteiger partial charge in [0.1, 0.15) is 11.6 Å². The van der Waals surface area contributed by atoms with Gasteiger partial charge in [-0.15, -0.1) is 0 Å². The van der Waals surface area contributed by atoms with Crippen LogP contribution in [-0.4, -0.2) is 11.8 Å². The highest BCUT2D eigenvalue weighted by molar-refractivity contribution is 6.30. The van der Waals surface area contributed by atoms with E-state index in [2.05, 4.69) is 17.2 Å². The van der Waals surface area contributed by atoms with E-state index in [0.29, 0.717) is 5.02 Å². The first-order valence-corrected chi connectivity index (χ1v) is 7.76. The maximum absolute atomic E-state index is 14.2. The van der Waals surface area contributed by atoms with Crippen molar-refractivity contribution in [1.82, 2.24) is 10.6 Å². The van der Waals surface area contributed by atoms with Crippen LogP contribution in [0.5, 0.6) is 0 Å². The molecule has 1 aliphatic rings. The van der Waals surface area contributed by atoms with Gasteiger partial charge in [0.2, 0.25) is 0 Å². The van der Waals surface area contributed by atoms with E-state index in [9.17, 15) is 18.4 Å². The van der Waals surface area contributed by atoms with Crippen LogP contribution in [0.15, 0.2) is 54.7 Å². The molecule has 0 aliphatic carbocycles. The van der Waals surface area contributed by atoms with E-state index in [-0.39, 0.29) is 16.8 Å². The summed E-state index contributed by atoms with van der Waals surface area (Å²) in [4.78, 5) is 24.7. The summed E-state index contributed by atoms with van der Waals surface area (Å²) >= 11 is 5.82. The third-order valence-electron chi connectivity index (χ3n) is 3.99. The number of carbonyl (C=O) groups is 2. The molecular weight excluding hydrogens is 350 g/mol. The Labute approximate surface area is 147 Å². The van der Waals surface area contributed by atoms with Crippen molar-refractivity contribution < 1.29 is 18.4 Å². The first-order chi connectivity index (χ1) is 11.9. The molecule has 1 saturated heterocycles. The molecule has 2 aromatic rings. The predicted molar refractivity (Wildman–Crippen MR) is 89.2 cm³/mol. The molecule has 4 nitrogen and oxygen atoms in total. The highest BCUT2D eigenvalue weighted by Crippen LogP contribution is 2.34. The summed E-state index contributed by atoms with van der Waals surface area (Å²) in [6.07, 6.45) is 0. The number of nitrogens with one attached hydrogen (secondary N) is 2. The fraction of sp³-hybridized carbons (Fsp3) is 0.111. The number of amides is 2. The molecule has 0 unspecified atom stereocenters. The molecule has 1 fully saturated rings. The van der Waals surface area contributed by atoms with Gasteiger partial charge in [-0.3, -0.25) is 4.79 Å². The van der Waals surface area contributed by atoms with Crippen molar-refractivity contribution in [2.45, 2.75) is 6.04 Å². The summed E-state index contributed by atoms with van der Waals surface area (Å²) in [5.41, 5.74) is -0.0302. The number of halogens is 3. The number of ketones is 1. The maximum Gasteiger partial charge on any atom is 0.319 e. The first kappa shape index (κ1) is 17.1. The van der Waals surface area contributed by atoms with Crippen molar-refractivity contribution in [2.75, 3.05) is 0 Å². The largest absolute Gasteiger partial charge is 0.330 e. The van der Waals surface area contributed by atoms with E-state index in [1.54, 1.807) is 0 Å². The van der Waals surface area contributed by atoms with Gasteiger partial charge in [-0.25, -0.2) is 13.6 Å². The Balaban J connectivity index is 2.07. The summed E-state index contributed by atoms with van der Waals surface area (Å²) in [7, 11) is 0. The molecule has 7 heteroatoms. The summed E-state index contributed by atoms with van der Waals surface area (Å²) in [6, 6.07) is 7.52. The predicted octanol–water partition coefficient (Wildman–Crippen LogP) is 3.98. The van der Waals surface area contributed by atoms with Crippen LogP contribution in [0.25, 0.3) is 0 Å². The Morgan fingerprint density at radius 1 is 1.08 bits per heavy atom. The molecule has 0 saturated carbocycles.